The molecule has 0 unspecified atom stereocenters. The van der Waals surface area contributed by atoms with Crippen LogP contribution < -0.4 is 10.6 Å². The van der Waals surface area contributed by atoms with Crippen molar-refractivity contribution in [1.29, 1.82) is 0 Å². The minimum Gasteiger partial charge on any atom is -0.322 e. The standard InChI is InChI=1S/C24H25N3O2/c1-15(2)20-10-7-9-17(4)22(20)27-24(29)19-12-18(13-25-14-19)23(28)26-21-11-6-5-8-16(21)3/h5-15H,1-4H3,(H,26,28)(H,27,29). The molecule has 0 radical (unpaired) electrons. The van der Waals surface area contributed by atoms with E-state index in [1.54, 1.807) is 6.07 Å². The second-order valence-electron chi connectivity index (χ2n) is 7.38. The number of hydrogen-bond donors (Lipinski definition) is 2. The van der Waals surface area contributed by atoms with Crippen molar-refractivity contribution in [3.05, 3.63) is 88.7 Å². The van der Waals surface area contributed by atoms with Crippen molar-refractivity contribution in [2.75, 3.05) is 10.6 Å². The third kappa shape index (κ3) is 4.69. The second kappa shape index (κ2) is 8.69. The van der Waals surface area contributed by atoms with Gasteiger partial charge in [0.2, 0.25) is 0 Å². The van der Waals surface area contributed by atoms with E-state index in [2.05, 4.69) is 29.5 Å². The van der Waals surface area contributed by atoms with Crippen LogP contribution in [0.1, 0.15) is 57.2 Å². The van der Waals surface area contributed by atoms with E-state index < -0.39 is 0 Å². The SMILES string of the molecule is Cc1ccccc1NC(=O)c1cncc(C(=O)Nc2c(C)cccc2C(C)C)c1. The lowest BCUT2D eigenvalue weighted by molar-refractivity contribution is 0.102. The zero-order chi connectivity index (χ0) is 21.0. The van der Waals surface area contributed by atoms with Crippen molar-refractivity contribution >= 4 is 23.2 Å². The summed E-state index contributed by atoms with van der Waals surface area (Å²) in [7, 11) is 0. The topological polar surface area (TPSA) is 71.1 Å². The largest absolute Gasteiger partial charge is 0.322 e. The minimum absolute atomic E-state index is 0.273. The fourth-order valence-electron chi connectivity index (χ4n) is 3.12. The van der Waals surface area contributed by atoms with E-state index in [1.807, 2.05) is 56.3 Å². The molecule has 5 nitrogen and oxygen atoms in total. The molecule has 0 saturated carbocycles. The number of benzene rings is 2. The first kappa shape index (κ1) is 20.3. The molecular weight excluding hydrogens is 362 g/mol. The van der Waals surface area contributed by atoms with Crippen LogP contribution >= 0.6 is 0 Å². The van der Waals surface area contributed by atoms with Gasteiger partial charge in [0.1, 0.15) is 0 Å². The maximum absolute atomic E-state index is 12.8. The number of pyridine rings is 1. The van der Waals surface area contributed by atoms with Crippen molar-refractivity contribution < 1.29 is 9.59 Å². The molecule has 0 aliphatic carbocycles. The zero-order valence-corrected chi connectivity index (χ0v) is 17.1. The molecule has 5 heteroatoms. The van der Waals surface area contributed by atoms with Gasteiger partial charge in [0.25, 0.3) is 11.8 Å². The number of anilines is 2. The highest BCUT2D eigenvalue weighted by Gasteiger charge is 2.16. The Morgan fingerprint density at radius 2 is 1.45 bits per heavy atom. The highest BCUT2D eigenvalue weighted by atomic mass is 16.2. The number of nitrogens with zero attached hydrogens (tertiary/aromatic N) is 1. The van der Waals surface area contributed by atoms with Crippen LogP contribution in [0.5, 0.6) is 0 Å². The van der Waals surface area contributed by atoms with Gasteiger partial charge in [-0.15, -0.1) is 0 Å². The molecule has 2 aromatic carbocycles. The van der Waals surface area contributed by atoms with Gasteiger partial charge in [0.05, 0.1) is 11.1 Å². The summed E-state index contributed by atoms with van der Waals surface area (Å²) >= 11 is 0. The fourth-order valence-corrected chi connectivity index (χ4v) is 3.12. The highest BCUT2D eigenvalue weighted by Crippen LogP contribution is 2.28. The van der Waals surface area contributed by atoms with Crippen LogP contribution in [-0.4, -0.2) is 16.8 Å². The van der Waals surface area contributed by atoms with Crippen molar-refractivity contribution in [1.82, 2.24) is 4.98 Å². The molecule has 3 aromatic rings. The van der Waals surface area contributed by atoms with Gasteiger partial charge in [-0.2, -0.15) is 0 Å². The molecule has 1 aromatic heterocycles. The van der Waals surface area contributed by atoms with E-state index in [1.165, 1.54) is 12.4 Å². The summed E-state index contributed by atoms with van der Waals surface area (Å²) in [4.78, 5) is 29.6. The first-order chi connectivity index (χ1) is 13.9. The summed E-state index contributed by atoms with van der Waals surface area (Å²) in [6.07, 6.45) is 2.92. The maximum atomic E-state index is 12.8. The molecule has 0 atom stereocenters. The normalized spacial score (nSPS) is 10.7. The molecule has 0 bridgehead atoms. The van der Waals surface area contributed by atoms with Crippen LogP contribution in [0, 0.1) is 13.8 Å². The monoisotopic (exact) mass is 387 g/mol. The average Bonchev–Trinajstić information content (AvgIpc) is 2.71. The van der Waals surface area contributed by atoms with Gasteiger partial charge in [-0.3, -0.25) is 14.6 Å². The fraction of sp³-hybridized carbons (Fsp3) is 0.208. The van der Waals surface area contributed by atoms with Crippen LogP contribution in [0.2, 0.25) is 0 Å². The van der Waals surface area contributed by atoms with Crippen LogP contribution in [0.15, 0.2) is 60.9 Å². The van der Waals surface area contributed by atoms with Gasteiger partial charge in [0.15, 0.2) is 0 Å². The Labute approximate surface area is 171 Å². The number of aromatic nitrogens is 1. The molecule has 0 fully saturated rings. The first-order valence-electron chi connectivity index (χ1n) is 9.59. The Bertz CT molecular complexity index is 1060. The molecule has 0 aliphatic heterocycles. The van der Waals surface area contributed by atoms with Crippen molar-refractivity contribution in [3.8, 4) is 0 Å². The average molecular weight is 387 g/mol. The quantitative estimate of drug-likeness (QED) is 0.622. The maximum Gasteiger partial charge on any atom is 0.257 e. The van der Waals surface area contributed by atoms with Crippen molar-refractivity contribution in [2.24, 2.45) is 0 Å². The van der Waals surface area contributed by atoms with Crippen molar-refractivity contribution in [3.63, 3.8) is 0 Å². The number of rotatable bonds is 5. The van der Waals surface area contributed by atoms with E-state index in [0.29, 0.717) is 11.1 Å². The van der Waals surface area contributed by atoms with Crippen LogP contribution in [-0.2, 0) is 0 Å². The summed E-state index contributed by atoms with van der Waals surface area (Å²) in [5, 5.41) is 5.86. The van der Waals surface area contributed by atoms with Gasteiger partial charge in [-0.1, -0.05) is 50.2 Å². The van der Waals surface area contributed by atoms with Gasteiger partial charge >= 0.3 is 0 Å². The number of aryl methyl sites for hydroxylation is 2. The molecule has 2 N–H and O–H groups in total. The van der Waals surface area contributed by atoms with Gasteiger partial charge < -0.3 is 10.6 Å². The van der Waals surface area contributed by atoms with Gasteiger partial charge in [-0.05, 0) is 48.6 Å². The number of carbonyl (C=O) groups excluding carboxylic acids is 2. The number of nitrogens with one attached hydrogen (secondary N) is 2. The lowest BCUT2D eigenvalue weighted by Gasteiger charge is -2.16. The minimum atomic E-state index is -0.305. The Morgan fingerprint density at radius 1 is 0.828 bits per heavy atom. The van der Waals surface area contributed by atoms with E-state index in [0.717, 1.165) is 28.1 Å². The third-order valence-electron chi connectivity index (χ3n) is 4.82. The number of para-hydroxylation sites is 2. The predicted molar refractivity (Wildman–Crippen MR) is 117 cm³/mol. The van der Waals surface area contributed by atoms with Crippen molar-refractivity contribution in [2.45, 2.75) is 33.6 Å². The predicted octanol–water partition coefficient (Wildman–Crippen LogP) is 5.33. The number of carbonyl (C=O) groups is 2. The van der Waals surface area contributed by atoms with Crippen LogP contribution in [0.25, 0.3) is 0 Å². The molecular formula is C24H25N3O2. The lowest BCUT2D eigenvalue weighted by atomic mass is 9.98. The highest BCUT2D eigenvalue weighted by molar-refractivity contribution is 6.09. The molecule has 29 heavy (non-hydrogen) atoms. The molecule has 3 rings (SSSR count). The van der Waals surface area contributed by atoms with Crippen LogP contribution in [0.3, 0.4) is 0 Å². The zero-order valence-electron chi connectivity index (χ0n) is 17.1. The summed E-state index contributed by atoms with van der Waals surface area (Å²) in [6, 6.07) is 15.0. The lowest BCUT2D eigenvalue weighted by Crippen LogP contribution is -2.17. The van der Waals surface area contributed by atoms with E-state index in [9.17, 15) is 9.59 Å². The Kier molecular flexibility index (Phi) is 6.07. The Hall–Kier alpha value is -3.47. The first-order valence-corrected chi connectivity index (χ1v) is 9.59. The van der Waals surface area contributed by atoms with E-state index in [-0.39, 0.29) is 17.7 Å². The molecule has 0 saturated heterocycles. The molecule has 0 aliphatic rings. The summed E-state index contributed by atoms with van der Waals surface area (Å²) in [5.74, 6) is -0.325. The summed E-state index contributed by atoms with van der Waals surface area (Å²) in [5.41, 5.74) is 5.22. The van der Waals surface area contributed by atoms with E-state index in [4.69, 9.17) is 0 Å². The second-order valence-corrected chi connectivity index (χ2v) is 7.38. The number of hydrogen-bond acceptors (Lipinski definition) is 3. The Balaban J connectivity index is 1.82. The van der Waals surface area contributed by atoms with E-state index >= 15 is 0 Å². The van der Waals surface area contributed by atoms with Crippen LogP contribution in [0.4, 0.5) is 11.4 Å². The summed E-state index contributed by atoms with van der Waals surface area (Å²) in [6.45, 7) is 8.06. The third-order valence-corrected chi connectivity index (χ3v) is 4.82. The van der Waals surface area contributed by atoms with Gasteiger partial charge in [0, 0.05) is 23.8 Å². The molecule has 0 spiro atoms. The smallest absolute Gasteiger partial charge is 0.257 e. The van der Waals surface area contributed by atoms with Gasteiger partial charge in [-0.25, -0.2) is 0 Å². The number of amides is 2. The summed E-state index contributed by atoms with van der Waals surface area (Å²) < 4.78 is 0. The molecule has 148 valence electrons. The molecule has 1 heterocycles. The Morgan fingerprint density at radius 3 is 2.10 bits per heavy atom. The molecule has 2 amide bonds.